The Kier molecular flexibility index (Phi) is 6.41. The van der Waals surface area contributed by atoms with Crippen LogP contribution in [0.4, 0.5) is 8.78 Å². The van der Waals surface area contributed by atoms with Crippen molar-refractivity contribution in [1.29, 1.82) is 0 Å². The third kappa shape index (κ3) is 3.39. The molecular weight excluding hydrogens is 470 g/mol. The number of Topliss-reactive ketones (excluding diaryl/α,β-unsaturated/α-hetero) is 1. The van der Waals surface area contributed by atoms with Crippen LogP contribution in [0.15, 0.2) is 36.0 Å². The van der Waals surface area contributed by atoms with Gasteiger partial charge in [-0.1, -0.05) is 39.8 Å². The van der Waals surface area contributed by atoms with E-state index in [1.165, 1.54) is 24.3 Å². The van der Waals surface area contributed by atoms with Crippen molar-refractivity contribution in [2.45, 2.75) is 77.7 Å². The summed E-state index contributed by atoms with van der Waals surface area (Å²) in [5.41, 5.74) is -6.10. The van der Waals surface area contributed by atoms with Crippen LogP contribution in [0.5, 0.6) is 0 Å². The lowest BCUT2D eigenvalue weighted by Gasteiger charge is -2.58. The highest BCUT2D eigenvalue weighted by Gasteiger charge is 2.74. The van der Waals surface area contributed by atoms with E-state index in [4.69, 9.17) is 9.47 Å². The Morgan fingerprint density at radius 3 is 2.33 bits per heavy atom. The molecule has 196 valence electrons. The first-order chi connectivity index (χ1) is 16.8. The van der Waals surface area contributed by atoms with E-state index in [9.17, 15) is 19.2 Å². The van der Waals surface area contributed by atoms with Gasteiger partial charge < -0.3 is 9.47 Å². The average Bonchev–Trinajstić information content (AvgIpc) is 3.07. The van der Waals surface area contributed by atoms with E-state index in [1.54, 1.807) is 40.7 Å². The van der Waals surface area contributed by atoms with Crippen molar-refractivity contribution in [3.05, 3.63) is 36.0 Å². The standard InChI is InChI=1S/C28H34F2O6/c1-6-23(33)35-15-22(32)28(36-24(34)7-2)16(3)12-18-19-14-21(29)20-13-17(31)8-9-25(20,4)27(19,30)11-10-26(18,28)5/h8-11,13,16,18-19,21H,6-7,12,14-15H2,1-5H3/t16-,18+,19+,21+,25+,26+,27-,28-/m1/s1. The van der Waals surface area contributed by atoms with Gasteiger partial charge in [0.2, 0.25) is 5.78 Å². The van der Waals surface area contributed by atoms with Gasteiger partial charge in [-0.3, -0.25) is 19.2 Å². The van der Waals surface area contributed by atoms with Crippen molar-refractivity contribution in [3.63, 3.8) is 0 Å². The fraction of sp³-hybridized carbons (Fsp3) is 0.643. The molecule has 0 spiro atoms. The van der Waals surface area contributed by atoms with E-state index >= 15 is 8.78 Å². The summed E-state index contributed by atoms with van der Waals surface area (Å²) < 4.78 is 43.8. The molecule has 2 saturated carbocycles. The van der Waals surface area contributed by atoms with Crippen molar-refractivity contribution >= 4 is 23.5 Å². The first kappa shape index (κ1) is 26.4. The summed E-state index contributed by atoms with van der Waals surface area (Å²) in [5, 5.41) is 0. The summed E-state index contributed by atoms with van der Waals surface area (Å²) in [4.78, 5) is 50.1. The second-order valence-corrected chi connectivity index (χ2v) is 11.0. The lowest BCUT2D eigenvalue weighted by Crippen LogP contribution is -2.64. The Morgan fingerprint density at radius 2 is 1.69 bits per heavy atom. The van der Waals surface area contributed by atoms with Gasteiger partial charge in [-0.25, -0.2) is 8.78 Å². The van der Waals surface area contributed by atoms with E-state index in [0.717, 1.165) is 0 Å². The van der Waals surface area contributed by atoms with Crippen LogP contribution in [0.25, 0.3) is 0 Å². The molecule has 0 heterocycles. The van der Waals surface area contributed by atoms with Crippen molar-refractivity contribution in [2.24, 2.45) is 28.6 Å². The first-order valence-electron chi connectivity index (χ1n) is 12.7. The maximum absolute atomic E-state index is 17.1. The summed E-state index contributed by atoms with van der Waals surface area (Å²) in [6.45, 7) is 7.76. The monoisotopic (exact) mass is 504 g/mol. The average molecular weight is 505 g/mol. The van der Waals surface area contributed by atoms with Gasteiger partial charge in [0, 0.05) is 35.5 Å². The molecule has 4 aliphatic carbocycles. The molecule has 0 aliphatic heterocycles. The molecule has 8 atom stereocenters. The molecule has 0 saturated heterocycles. The molecular formula is C28H34F2O6. The van der Waals surface area contributed by atoms with Gasteiger partial charge in [-0.05, 0) is 49.5 Å². The number of allylic oxidation sites excluding steroid dienone is 5. The molecule has 0 aromatic heterocycles. The number of hydrogen-bond donors (Lipinski definition) is 0. The number of ether oxygens (including phenoxy) is 2. The second-order valence-electron chi connectivity index (χ2n) is 11.0. The Balaban J connectivity index is 1.84. The quantitative estimate of drug-likeness (QED) is 0.389. The fourth-order valence-corrected chi connectivity index (χ4v) is 7.29. The van der Waals surface area contributed by atoms with Crippen LogP contribution in [-0.4, -0.2) is 47.6 Å². The molecule has 0 bridgehead atoms. The molecule has 8 heteroatoms. The molecule has 0 unspecified atom stereocenters. The van der Waals surface area contributed by atoms with E-state index in [2.05, 4.69) is 0 Å². The largest absolute Gasteiger partial charge is 0.457 e. The molecule has 0 radical (unpaired) electrons. The minimum absolute atomic E-state index is 0.0229. The zero-order valence-electron chi connectivity index (χ0n) is 21.4. The van der Waals surface area contributed by atoms with Crippen LogP contribution in [0.2, 0.25) is 0 Å². The van der Waals surface area contributed by atoms with Gasteiger partial charge in [-0.15, -0.1) is 0 Å². The molecule has 4 aliphatic rings. The minimum atomic E-state index is -2.01. The maximum Gasteiger partial charge on any atom is 0.306 e. The Morgan fingerprint density at radius 1 is 1.03 bits per heavy atom. The fourth-order valence-electron chi connectivity index (χ4n) is 7.29. The number of halogens is 2. The molecule has 0 amide bonds. The van der Waals surface area contributed by atoms with Crippen molar-refractivity contribution in [1.82, 2.24) is 0 Å². The lowest BCUT2D eigenvalue weighted by molar-refractivity contribution is -0.189. The number of hydrogen-bond acceptors (Lipinski definition) is 6. The van der Waals surface area contributed by atoms with Crippen LogP contribution >= 0.6 is 0 Å². The molecule has 2 fully saturated rings. The molecule has 0 aromatic carbocycles. The molecule has 4 rings (SSSR count). The number of alkyl halides is 2. The SMILES string of the molecule is CCC(=O)OCC(=O)[C@]1(OC(=O)CC)[C@H](C)C[C@H]2[C@@H]3C[C@H](F)C4=CC(=O)C=C[C@]4(C)[C@@]3(F)C=C[C@@]21C. The predicted molar refractivity (Wildman–Crippen MR) is 127 cm³/mol. The number of rotatable bonds is 6. The normalized spacial score (nSPS) is 42.6. The van der Waals surface area contributed by atoms with Crippen molar-refractivity contribution < 1.29 is 37.4 Å². The van der Waals surface area contributed by atoms with Gasteiger partial charge in [0.1, 0.15) is 11.8 Å². The number of carbonyl (C=O) groups is 4. The van der Waals surface area contributed by atoms with Crippen LogP contribution < -0.4 is 0 Å². The highest BCUT2D eigenvalue weighted by atomic mass is 19.1. The smallest absolute Gasteiger partial charge is 0.306 e. The van der Waals surface area contributed by atoms with Crippen LogP contribution in [-0.2, 0) is 28.7 Å². The number of esters is 2. The van der Waals surface area contributed by atoms with E-state index in [0.29, 0.717) is 6.42 Å². The summed E-state index contributed by atoms with van der Waals surface area (Å²) in [5.74, 6) is -4.01. The van der Waals surface area contributed by atoms with Crippen LogP contribution in [0.3, 0.4) is 0 Å². The highest BCUT2D eigenvalue weighted by molar-refractivity contribution is 6.01. The summed E-state index contributed by atoms with van der Waals surface area (Å²) in [7, 11) is 0. The zero-order chi connectivity index (χ0) is 26.7. The van der Waals surface area contributed by atoms with Gasteiger partial charge in [-0.2, -0.15) is 0 Å². The van der Waals surface area contributed by atoms with E-state index in [-0.39, 0.29) is 30.6 Å². The minimum Gasteiger partial charge on any atom is -0.457 e. The van der Waals surface area contributed by atoms with E-state index < -0.39 is 70.4 Å². The molecule has 0 N–H and O–H groups in total. The van der Waals surface area contributed by atoms with Crippen molar-refractivity contribution in [2.75, 3.05) is 6.61 Å². The third-order valence-electron chi connectivity index (χ3n) is 9.27. The topological polar surface area (TPSA) is 86.7 Å². The Hall–Kier alpha value is -2.64. The van der Waals surface area contributed by atoms with Gasteiger partial charge >= 0.3 is 11.9 Å². The Labute approximate surface area is 210 Å². The summed E-state index contributed by atoms with van der Waals surface area (Å²) in [6, 6.07) is 0. The maximum atomic E-state index is 17.1. The number of fused-ring (bicyclic) bond motifs is 5. The first-order valence-corrected chi connectivity index (χ1v) is 12.7. The van der Waals surface area contributed by atoms with Crippen LogP contribution in [0.1, 0.15) is 60.3 Å². The molecule has 0 aromatic rings. The van der Waals surface area contributed by atoms with E-state index in [1.807, 2.05) is 0 Å². The molecule has 6 nitrogen and oxygen atoms in total. The second kappa shape index (κ2) is 8.73. The van der Waals surface area contributed by atoms with Gasteiger partial charge in [0.25, 0.3) is 0 Å². The third-order valence-corrected chi connectivity index (χ3v) is 9.27. The zero-order valence-corrected chi connectivity index (χ0v) is 21.4. The molecule has 36 heavy (non-hydrogen) atoms. The van der Waals surface area contributed by atoms with Gasteiger partial charge in [0.15, 0.2) is 18.0 Å². The summed E-state index contributed by atoms with van der Waals surface area (Å²) >= 11 is 0. The van der Waals surface area contributed by atoms with Gasteiger partial charge in [0.05, 0.1) is 0 Å². The van der Waals surface area contributed by atoms with Crippen molar-refractivity contribution in [3.8, 4) is 0 Å². The predicted octanol–water partition coefficient (Wildman–Crippen LogP) is 4.57. The van der Waals surface area contributed by atoms with Crippen LogP contribution in [0, 0.1) is 28.6 Å². The lowest BCUT2D eigenvalue weighted by atomic mass is 9.48. The number of ketones is 2. The summed E-state index contributed by atoms with van der Waals surface area (Å²) in [6.07, 6.45) is 5.63. The Bertz CT molecular complexity index is 1090. The number of carbonyl (C=O) groups excluding carboxylic acids is 4. The highest BCUT2D eigenvalue weighted by Crippen LogP contribution is 2.69.